The molecular weight excluding hydrogens is 348 g/mol. The zero-order valence-corrected chi connectivity index (χ0v) is 18.0. The van der Waals surface area contributed by atoms with Crippen LogP contribution in [-0.2, 0) is 9.47 Å². The van der Waals surface area contributed by atoms with Crippen LogP contribution in [0.25, 0.3) is 0 Å². The fraction of sp³-hybridized carbons (Fsp3) is 0.760. The van der Waals surface area contributed by atoms with E-state index in [4.69, 9.17) is 9.47 Å². The molecule has 0 spiro atoms. The normalized spacial score (nSPS) is 22.4. The van der Waals surface area contributed by atoms with E-state index >= 15 is 0 Å². The SMILES string of the molecule is CCCCCCCCCCCCCCC[C@H]1OC(c2ccccc2)OC[C@H]1O. The van der Waals surface area contributed by atoms with E-state index in [1.165, 1.54) is 77.0 Å². The zero-order chi connectivity index (χ0) is 19.9. The van der Waals surface area contributed by atoms with Gasteiger partial charge in [-0.2, -0.15) is 0 Å². The molecule has 0 saturated carbocycles. The lowest BCUT2D eigenvalue weighted by Gasteiger charge is -2.34. The molecule has 1 aromatic carbocycles. The van der Waals surface area contributed by atoms with Crippen molar-refractivity contribution in [3.8, 4) is 0 Å². The van der Waals surface area contributed by atoms with Gasteiger partial charge in [-0.05, 0) is 6.42 Å². The first-order valence-corrected chi connectivity index (χ1v) is 11.8. The monoisotopic (exact) mass is 390 g/mol. The second-order valence-electron chi connectivity index (χ2n) is 8.35. The Labute approximate surface area is 172 Å². The fourth-order valence-corrected chi connectivity index (χ4v) is 3.99. The van der Waals surface area contributed by atoms with Crippen LogP contribution in [0, 0.1) is 0 Å². The molecule has 0 radical (unpaired) electrons. The summed E-state index contributed by atoms with van der Waals surface area (Å²) in [6, 6.07) is 10.0. The molecule has 3 atom stereocenters. The van der Waals surface area contributed by atoms with Gasteiger partial charge in [0, 0.05) is 5.56 Å². The van der Waals surface area contributed by atoms with Crippen molar-refractivity contribution in [2.45, 2.75) is 115 Å². The predicted molar refractivity (Wildman–Crippen MR) is 116 cm³/mol. The summed E-state index contributed by atoms with van der Waals surface area (Å²) in [7, 11) is 0. The van der Waals surface area contributed by atoms with Gasteiger partial charge >= 0.3 is 0 Å². The molecule has 1 saturated heterocycles. The lowest BCUT2D eigenvalue weighted by molar-refractivity contribution is -0.258. The van der Waals surface area contributed by atoms with Crippen molar-refractivity contribution in [1.82, 2.24) is 0 Å². The summed E-state index contributed by atoms with van der Waals surface area (Å²) in [5.74, 6) is 0. The molecule has 3 heteroatoms. The van der Waals surface area contributed by atoms with Gasteiger partial charge in [0.05, 0.1) is 12.7 Å². The third-order valence-corrected chi connectivity index (χ3v) is 5.81. The Morgan fingerprint density at radius 2 is 1.32 bits per heavy atom. The lowest BCUT2D eigenvalue weighted by atomic mass is 10.0. The van der Waals surface area contributed by atoms with Gasteiger partial charge < -0.3 is 14.6 Å². The number of hydrogen-bond acceptors (Lipinski definition) is 3. The molecule has 0 aliphatic carbocycles. The highest BCUT2D eigenvalue weighted by molar-refractivity contribution is 5.16. The van der Waals surface area contributed by atoms with Crippen molar-refractivity contribution in [3.63, 3.8) is 0 Å². The summed E-state index contributed by atoms with van der Waals surface area (Å²) >= 11 is 0. The second-order valence-corrected chi connectivity index (χ2v) is 8.35. The second kappa shape index (κ2) is 15.0. The Kier molecular flexibility index (Phi) is 12.5. The van der Waals surface area contributed by atoms with Crippen LogP contribution in [0.15, 0.2) is 30.3 Å². The third-order valence-electron chi connectivity index (χ3n) is 5.81. The number of hydrogen-bond donors (Lipinski definition) is 1. The topological polar surface area (TPSA) is 38.7 Å². The first-order valence-electron chi connectivity index (χ1n) is 11.8. The number of ether oxygens (including phenoxy) is 2. The quantitative estimate of drug-likeness (QED) is 0.330. The molecule has 1 N–H and O–H groups in total. The molecule has 1 unspecified atom stereocenters. The number of benzene rings is 1. The highest BCUT2D eigenvalue weighted by atomic mass is 16.7. The van der Waals surface area contributed by atoms with Crippen molar-refractivity contribution >= 4 is 0 Å². The van der Waals surface area contributed by atoms with E-state index in [2.05, 4.69) is 6.92 Å². The summed E-state index contributed by atoms with van der Waals surface area (Å²) in [5, 5.41) is 10.2. The number of rotatable bonds is 15. The average Bonchev–Trinajstić information content (AvgIpc) is 2.73. The molecule has 1 aliphatic rings. The minimum absolute atomic E-state index is 0.105. The van der Waals surface area contributed by atoms with Crippen molar-refractivity contribution < 1.29 is 14.6 Å². The van der Waals surface area contributed by atoms with E-state index in [0.717, 1.165) is 18.4 Å². The summed E-state index contributed by atoms with van der Waals surface area (Å²) in [6.07, 6.45) is 17.6. The molecule has 2 rings (SSSR count). The molecule has 3 nitrogen and oxygen atoms in total. The van der Waals surface area contributed by atoms with Gasteiger partial charge in [0.1, 0.15) is 6.10 Å². The fourth-order valence-electron chi connectivity index (χ4n) is 3.99. The molecule has 0 bridgehead atoms. The molecule has 1 aromatic rings. The van der Waals surface area contributed by atoms with E-state index in [-0.39, 0.29) is 12.4 Å². The predicted octanol–water partition coefficient (Wildman–Crippen LogP) is 6.94. The summed E-state index contributed by atoms with van der Waals surface area (Å²) in [4.78, 5) is 0. The van der Waals surface area contributed by atoms with Gasteiger partial charge in [-0.1, -0.05) is 121 Å². The highest BCUT2D eigenvalue weighted by Crippen LogP contribution is 2.28. The van der Waals surface area contributed by atoms with E-state index in [1.807, 2.05) is 30.3 Å². The summed E-state index contributed by atoms with van der Waals surface area (Å²) < 4.78 is 11.7. The molecule has 1 aliphatic heterocycles. The van der Waals surface area contributed by atoms with Crippen LogP contribution in [0.4, 0.5) is 0 Å². The number of unbranched alkanes of at least 4 members (excludes halogenated alkanes) is 12. The van der Waals surface area contributed by atoms with Crippen LogP contribution in [0.5, 0.6) is 0 Å². The van der Waals surface area contributed by atoms with Gasteiger partial charge in [-0.3, -0.25) is 0 Å². The Balaban J connectivity index is 1.45. The molecule has 160 valence electrons. The first kappa shape index (κ1) is 23.4. The number of aliphatic hydroxyl groups excluding tert-OH is 1. The number of aliphatic hydroxyl groups is 1. The molecular formula is C25H42O3. The standard InChI is InChI=1S/C25H42O3/c1-2-3-4-5-6-7-8-9-10-11-12-13-17-20-24-23(26)21-27-25(28-24)22-18-15-14-16-19-22/h14-16,18-19,23-26H,2-13,17,20-21H2,1H3/t23-,24-,25?/m1/s1. The zero-order valence-electron chi connectivity index (χ0n) is 18.0. The Hall–Kier alpha value is -0.900. The molecule has 28 heavy (non-hydrogen) atoms. The lowest BCUT2D eigenvalue weighted by Crippen LogP contribution is -2.40. The van der Waals surface area contributed by atoms with Crippen molar-refractivity contribution in [3.05, 3.63) is 35.9 Å². The van der Waals surface area contributed by atoms with Gasteiger partial charge in [-0.25, -0.2) is 0 Å². The highest BCUT2D eigenvalue weighted by Gasteiger charge is 2.30. The Morgan fingerprint density at radius 1 is 0.786 bits per heavy atom. The van der Waals surface area contributed by atoms with Crippen LogP contribution < -0.4 is 0 Å². The van der Waals surface area contributed by atoms with Gasteiger partial charge in [0.25, 0.3) is 0 Å². The Morgan fingerprint density at radius 3 is 1.89 bits per heavy atom. The van der Waals surface area contributed by atoms with E-state index in [1.54, 1.807) is 0 Å². The third kappa shape index (κ3) is 9.54. The van der Waals surface area contributed by atoms with Gasteiger partial charge in [0.15, 0.2) is 6.29 Å². The van der Waals surface area contributed by atoms with Crippen LogP contribution in [0.1, 0.15) is 109 Å². The minimum Gasteiger partial charge on any atom is -0.388 e. The van der Waals surface area contributed by atoms with E-state index in [9.17, 15) is 5.11 Å². The largest absolute Gasteiger partial charge is 0.388 e. The maximum Gasteiger partial charge on any atom is 0.184 e. The van der Waals surface area contributed by atoms with Crippen LogP contribution in [0.2, 0.25) is 0 Å². The van der Waals surface area contributed by atoms with Crippen molar-refractivity contribution in [2.75, 3.05) is 6.61 Å². The first-order chi connectivity index (χ1) is 13.8. The maximum atomic E-state index is 10.2. The van der Waals surface area contributed by atoms with Crippen LogP contribution >= 0.6 is 0 Å². The van der Waals surface area contributed by atoms with Crippen molar-refractivity contribution in [1.29, 1.82) is 0 Å². The maximum absolute atomic E-state index is 10.2. The van der Waals surface area contributed by atoms with Gasteiger partial charge in [-0.15, -0.1) is 0 Å². The molecule has 0 aromatic heterocycles. The van der Waals surface area contributed by atoms with E-state index in [0.29, 0.717) is 6.61 Å². The summed E-state index contributed by atoms with van der Waals surface area (Å²) in [6.45, 7) is 2.64. The van der Waals surface area contributed by atoms with Gasteiger partial charge in [0.2, 0.25) is 0 Å². The van der Waals surface area contributed by atoms with Crippen molar-refractivity contribution in [2.24, 2.45) is 0 Å². The van der Waals surface area contributed by atoms with Crippen LogP contribution in [0.3, 0.4) is 0 Å². The smallest absolute Gasteiger partial charge is 0.184 e. The molecule has 0 amide bonds. The summed E-state index contributed by atoms with van der Waals surface area (Å²) in [5.41, 5.74) is 1.03. The van der Waals surface area contributed by atoms with E-state index < -0.39 is 6.10 Å². The Bertz CT molecular complexity index is 476. The molecule has 1 fully saturated rings. The van der Waals surface area contributed by atoms with Crippen LogP contribution in [-0.4, -0.2) is 23.9 Å². The minimum atomic E-state index is -0.503. The molecule has 1 heterocycles. The average molecular weight is 391 g/mol.